The predicted molar refractivity (Wildman–Crippen MR) is 63.0 cm³/mol. The first-order valence-corrected chi connectivity index (χ1v) is 5.63. The van der Waals surface area contributed by atoms with E-state index in [1.54, 1.807) is 6.20 Å². The van der Waals surface area contributed by atoms with Crippen LogP contribution in [0.3, 0.4) is 0 Å². The number of hydrogen-bond acceptors (Lipinski definition) is 3. The second kappa shape index (κ2) is 5.25. The molecular formula is C12H20N3O. The maximum absolute atomic E-state index is 11.3. The van der Waals surface area contributed by atoms with Crippen LogP contribution in [0.4, 0.5) is 0 Å². The number of aromatic nitrogens is 2. The van der Waals surface area contributed by atoms with Crippen LogP contribution in [0, 0.1) is 13.1 Å². The monoisotopic (exact) mass is 222 g/mol. The molecule has 1 aromatic rings. The van der Waals surface area contributed by atoms with Crippen LogP contribution in [-0.4, -0.2) is 32.8 Å². The molecule has 4 heteroatoms. The summed E-state index contributed by atoms with van der Waals surface area (Å²) in [5.41, 5.74) is 0. The summed E-state index contributed by atoms with van der Waals surface area (Å²) in [6.07, 6.45) is 5.17. The Morgan fingerprint density at radius 1 is 1.38 bits per heavy atom. The molecule has 1 unspecified atom stereocenters. The highest BCUT2D eigenvalue weighted by atomic mass is 16.1. The summed E-state index contributed by atoms with van der Waals surface area (Å²) in [6.45, 7) is 10.2. The first-order valence-electron chi connectivity index (χ1n) is 5.63. The molecule has 0 aliphatic heterocycles. The van der Waals surface area contributed by atoms with Gasteiger partial charge in [-0.05, 0) is 34.6 Å². The van der Waals surface area contributed by atoms with Crippen molar-refractivity contribution in [2.75, 3.05) is 0 Å². The highest BCUT2D eigenvalue weighted by Crippen LogP contribution is 2.19. The average molecular weight is 222 g/mol. The molecule has 4 nitrogen and oxygen atoms in total. The zero-order chi connectivity index (χ0) is 12.3. The number of aldehydes is 1. The molecule has 0 saturated carbocycles. The molecule has 0 saturated heterocycles. The molecule has 89 valence electrons. The van der Waals surface area contributed by atoms with Gasteiger partial charge in [0.1, 0.15) is 18.2 Å². The first-order chi connectivity index (χ1) is 7.49. The van der Waals surface area contributed by atoms with E-state index in [0.29, 0.717) is 12.1 Å². The van der Waals surface area contributed by atoms with Crippen molar-refractivity contribution >= 4 is 6.29 Å². The molecule has 0 fully saturated rings. The number of rotatable bonds is 5. The molecule has 0 bridgehead atoms. The minimum atomic E-state index is -0.293. The van der Waals surface area contributed by atoms with Gasteiger partial charge in [-0.25, -0.2) is 4.98 Å². The van der Waals surface area contributed by atoms with E-state index in [1.165, 1.54) is 0 Å². The van der Waals surface area contributed by atoms with Crippen molar-refractivity contribution in [3.63, 3.8) is 0 Å². The van der Waals surface area contributed by atoms with Crippen LogP contribution >= 0.6 is 0 Å². The Hall–Kier alpha value is -1.16. The van der Waals surface area contributed by atoms with Crippen molar-refractivity contribution < 1.29 is 4.79 Å². The van der Waals surface area contributed by atoms with Crippen molar-refractivity contribution in [2.24, 2.45) is 0 Å². The van der Waals surface area contributed by atoms with E-state index in [4.69, 9.17) is 0 Å². The van der Waals surface area contributed by atoms with Crippen molar-refractivity contribution in [1.29, 1.82) is 0 Å². The Morgan fingerprint density at radius 2 is 1.94 bits per heavy atom. The van der Waals surface area contributed by atoms with Crippen molar-refractivity contribution in [3.05, 3.63) is 18.2 Å². The van der Waals surface area contributed by atoms with Gasteiger partial charge in [0, 0.05) is 18.3 Å². The molecule has 16 heavy (non-hydrogen) atoms. The third kappa shape index (κ3) is 2.50. The lowest BCUT2D eigenvalue weighted by molar-refractivity contribution is -0.117. The fourth-order valence-corrected chi connectivity index (χ4v) is 2.09. The van der Waals surface area contributed by atoms with Crippen LogP contribution in [0.1, 0.15) is 39.7 Å². The Labute approximate surface area is 97.3 Å². The van der Waals surface area contributed by atoms with Gasteiger partial charge in [-0.2, -0.15) is 0 Å². The fraction of sp³-hybridized carbons (Fsp3) is 0.667. The number of carbonyl (C=O) groups is 1. The molecule has 1 aromatic heterocycles. The summed E-state index contributed by atoms with van der Waals surface area (Å²) in [4.78, 5) is 17.5. The normalized spacial score (nSPS) is 13.8. The quantitative estimate of drug-likeness (QED) is 0.713. The van der Waals surface area contributed by atoms with Crippen LogP contribution in [0.15, 0.2) is 6.20 Å². The maximum Gasteiger partial charge on any atom is 0.157 e. The number of imidazole rings is 1. The highest BCUT2D eigenvalue weighted by molar-refractivity contribution is 5.55. The largest absolute Gasteiger partial charge is 0.311 e. The Morgan fingerprint density at radius 3 is 2.25 bits per heavy atom. The third-order valence-electron chi connectivity index (χ3n) is 2.70. The Kier molecular flexibility index (Phi) is 4.24. The van der Waals surface area contributed by atoms with Crippen LogP contribution < -0.4 is 0 Å². The highest BCUT2D eigenvalue weighted by Gasteiger charge is 2.25. The van der Waals surface area contributed by atoms with Crippen LogP contribution in [0.25, 0.3) is 0 Å². The predicted octanol–water partition coefficient (Wildman–Crippen LogP) is 1.81. The molecular weight excluding hydrogens is 202 g/mol. The lowest BCUT2D eigenvalue weighted by Gasteiger charge is -2.36. The summed E-state index contributed by atoms with van der Waals surface area (Å²) in [7, 11) is 0. The smallest absolute Gasteiger partial charge is 0.157 e. The molecule has 0 aromatic carbocycles. The van der Waals surface area contributed by atoms with Crippen LogP contribution in [-0.2, 0) is 4.79 Å². The number of aryl methyl sites for hydroxylation is 1. The topological polar surface area (TPSA) is 38.1 Å². The van der Waals surface area contributed by atoms with Gasteiger partial charge in [0.25, 0.3) is 0 Å². The summed E-state index contributed by atoms with van der Waals surface area (Å²) >= 11 is 0. The van der Waals surface area contributed by atoms with Gasteiger partial charge in [-0.1, -0.05) is 0 Å². The number of carbonyl (C=O) groups excluding carboxylic acids is 1. The standard InChI is InChI=1S/C12H20N3O/c1-9(2)15(10(3)4)12(8-16)14-7-6-13-11(14)5/h7-10,12H,1-5H3. The lowest BCUT2D eigenvalue weighted by atomic mass is 10.2. The van der Waals surface area contributed by atoms with E-state index >= 15 is 0 Å². The number of nitrogens with zero attached hydrogens (tertiary/aromatic N) is 3. The Bertz CT molecular complexity index is 336. The molecule has 1 rings (SSSR count). The lowest BCUT2D eigenvalue weighted by Crippen LogP contribution is -2.43. The van der Waals surface area contributed by atoms with Crippen LogP contribution in [0.5, 0.6) is 0 Å². The van der Waals surface area contributed by atoms with E-state index in [2.05, 4.69) is 43.8 Å². The molecule has 0 aliphatic carbocycles. The minimum absolute atomic E-state index is 0.293. The van der Waals surface area contributed by atoms with E-state index < -0.39 is 0 Å². The van der Waals surface area contributed by atoms with Crippen molar-refractivity contribution in [1.82, 2.24) is 14.5 Å². The molecule has 0 spiro atoms. The zero-order valence-electron chi connectivity index (χ0n) is 10.6. The zero-order valence-corrected chi connectivity index (χ0v) is 10.6. The van der Waals surface area contributed by atoms with Crippen LogP contribution in [0.2, 0.25) is 0 Å². The van der Waals surface area contributed by atoms with Gasteiger partial charge in [-0.3, -0.25) is 9.69 Å². The minimum Gasteiger partial charge on any atom is -0.311 e. The molecule has 1 heterocycles. The van der Waals surface area contributed by atoms with Gasteiger partial charge in [-0.15, -0.1) is 0 Å². The van der Waals surface area contributed by atoms with E-state index in [9.17, 15) is 4.79 Å². The van der Waals surface area contributed by atoms with Gasteiger partial charge in [0.2, 0.25) is 0 Å². The molecule has 0 amide bonds. The molecule has 0 aliphatic rings. The van der Waals surface area contributed by atoms with Gasteiger partial charge in [0.05, 0.1) is 0 Å². The molecule has 1 atom stereocenters. The van der Waals surface area contributed by atoms with Gasteiger partial charge in [0.15, 0.2) is 6.29 Å². The van der Waals surface area contributed by atoms with Gasteiger partial charge >= 0.3 is 0 Å². The van der Waals surface area contributed by atoms with Gasteiger partial charge < -0.3 is 4.57 Å². The van der Waals surface area contributed by atoms with E-state index in [0.717, 1.165) is 12.1 Å². The second-order valence-corrected chi connectivity index (χ2v) is 4.51. The van der Waals surface area contributed by atoms with E-state index in [1.807, 2.05) is 11.5 Å². The summed E-state index contributed by atoms with van der Waals surface area (Å²) in [5.74, 6) is 0.809. The molecule has 0 N–H and O–H groups in total. The average Bonchev–Trinajstić information content (AvgIpc) is 2.59. The fourth-order valence-electron chi connectivity index (χ4n) is 2.09. The van der Waals surface area contributed by atoms with Crippen molar-refractivity contribution in [3.8, 4) is 0 Å². The first kappa shape index (κ1) is 12.9. The SMILES string of the molecule is Cc1n[c]cn1C(C=O)N(C(C)C)C(C)C. The van der Waals surface area contributed by atoms with E-state index in [-0.39, 0.29) is 6.17 Å². The number of hydrogen-bond donors (Lipinski definition) is 0. The summed E-state index contributed by atoms with van der Waals surface area (Å²) < 4.78 is 1.85. The van der Waals surface area contributed by atoms with Crippen molar-refractivity contribution in [2.45, 2.75) is 52.9 Å². The molecule has 1 radical (unpaired) electrons. The summed E-state index contributed by atoms with van der Waals surface area (Å²) in [5, 5.41) is 0. The maximum atomic E-state index is 11.3. The second-order valence-electron chi connectivity index (χ2n) is 4.51. The Balaban J connectivity index is 3.05. The third-order valence-corrected chi connectivity index (χ3v) is 2.70. The summed E-state index contributed by atoms with van der Waals surface area (Å²) in [6, 6.07) is 0.606.